The first-order valence-electron chi connectivity index (χ1n) is 17.2. The van der Waals surface area contributed by atoms with Gasteiger partial charge in [0.15, 0.2) is 0 Å². The molecule has 0 amide bonds. The van der Waals surface area contributed by atoms with E-state index in [-0.39, 0.29) is 10.8 Å². The van der Waals surface area contributed by atoms with Crippen LogP contribution in [0.1, 0.15) is 125 Å². The highest BCUT2D eigenvalue weighted by Gasteiger charge is 2.56. The number of unbranched alkanes of at least 4 members (excludes halogenated alkanes) is 2. The van der Waals surface area contributed by atoms with Crippen LogP contribution in [0.15, 0.2) is 93.9 Å². The minimum Gasteiger partial charge on any atom is -0.0654 e. The number of fused-ring (bicyclic) bond motifs is 9. The van der Waals surface area contributed by atoms with Crippen molar-refractivity contribution < 1.29 is 0 Å². The molecule has 0 aromatic heterocycles. The molecule has 2 heteroatoms. The Labute approximate surface area is 283 Å². The van der Waals surface area contributed by atoms with E-state index in [1.807, 2.05) is 0 Å². The van der Waals surface area contributed by atoms with Crippen molar-refractivity contribution in [1.82, 2.24) is 0 Å². The Bertz CT molecular complexity index is 1490. The molecule has 44 heavy (non-hydrogen) atoms. The molecule has 4 aromatic rings. The van der Waals surface area contributed by atoms with Crippen LogP contribution >= 0.6 is 31.9 Å². The van der Waals surface area contributed by atoms with Crippen LogP contribution in [0.2, 0.25) is 0 Å². The maximum Gasteiger partial charge on any atom is 0.0720 e. The molecule has 0 N–H and O–H groups in total. The third-order valence-corrected chi connectivity index (χ3v) is 12.1. The van der Waals surface area contributed by atoms with Gasteiger partial charge >= 0.3 is 0 Å². The predicted molar refractivity (Wildman–Crippen MR) is 196 cm³/mol. The highest BCUT2D eigenvalue weighted by Crippen LogP contribution is 2.64. The van der Waals surface area contributed by atoms with Crippen molar-refractivity contribution in [1.29, 1.82) is 0 Å². The minimum atomic E-state index is -0.356. The Morgan fingerprint density at radius 2 is 0.932 bits per heavy atom. The third-order valence-electron chi connectivity index (χ3n) is 11.1. The van der Waals surface area contributed by atoms with E-state index in [0.29, 0.717) is 11.8 Å². The zero-order valence-electron chi connectivity index (χ0n) is 27.1. The molecule has 2 aliphatic rings. The highest BCUT2D eigenvalue weighted by molar-refractivity contribution is 9.10. The summed E-state index contributed by atoms with van der Waals surface area (Å²) < 4.78 is 2.29. The fraction of sp³-hybridized carbons (Fsp3) is 0.429. The number of rotatable bonds is 12. The first-order valence-corrected chi connectivity index (χ1v) is 18.8. The minimum absolute atomic E-state index is 0.0117. The summed E-state index contributed by atoms with van der Waals surface area (Å²) >= 11 is 7.80. The van der Waals surface area contributed by atoms with E-state index in [1.165, 1.54) is 97.6 Å². The van der Waals surface area contributed by atoms with Gasteiger partial charge in [-0.15, -0.1) is 0 Å². The van der Waals surface area contributed by atoms with Crippen molar-refractivity contribution in [2.75, 3.05) is 0 Å². The summed E-state index contributed by atoms with van der Waals surface area (Å²) in [7, 11) is 0. The molecule has 0 fully saturated rings. The fourth-order valence-electron chi connectivity index (χ4n) is 8.99. The van der Waals surface area contributed by atoms with Gasteiger partial charge in [0.25, 0.3) is 0 Å². The molecule has 6 rings (SSSR count). The Kier molecular flexibility index (Phi) is 9.61. The van der Waals surface area contributed by atoms with Crippen molar-refractivity contribution in [2.24, 2.45) is 11.8 Å². The van der Waals surface area contributed by atoms with E-state index < -0.39 is 0 Å². The second kappa shape index (κ2) is 13.3. The molecule has 1 spiro atoms. The van der Waals surface area contributed by atoms with Crippen molar-refractivity contribution in [2.45, 2.75) is 103 Å². The quantitative estimate of drug-likeness (QED) is 0.121. The molecule has 0 aliphatic heterocycles. The molecule has 0 bridgehead atoms. The SMILES string of the molecule is CCCCC(CC)CC1(CC(CC)CCCC)c2ccccc2C2(c3cc(Br)ccc3-c3ccc(Br)cc32)c2ccccc21. The molecule has 230 valence electrons. The van der Waals surface area contributed by atoms with Crippen LogP contribution in [0.3, 0.4) is 0 Å². The van der Waals surface area contributed by atoms with Crippen molar-refractivity contribution in [3.05, 3.63) is 127 Å². The summed E-state index contributed by atoms with van der Waals surface area (Å²) in [5.74, 6) is 1.42. The predicted octanol–water partition coefficient (Wildman–Crippen LogP) is 13.4. The van der Waals surface area contributed by atoms with E-state index >= 15 is 0 Å². The zero-order chi connectivity index (χ0) is 30.9. The standard InChI is InChI=1S/C42H48Br2/c1-5-9-15-29(7-3)27-41(28-30(8-4)16-10-6-2)35-17-11-13-19-37(35)42(38-20-14-12-18-36(38)41)39-25-31(43)21-23-33(39)34-24-22-32(44)26-40(34)42/h11-14,17-26,29-30H,5-10,15-16,27-28H2,1-4H3. The highest BCUT2D eigenvalue weighted by atomic mass is 79.9. The number of halogens is 2. The van der Waals surface area contributed by atoms with E-state index in [2.05, 4.69) is 144 Å². The van der Waals surface area contributed by atoms with Crippen LogP contribution in [0.4, 0.5) is 0 Å². The van der Waals surface area contributed by atoms with Gasteiger partial charge in [0.1, 0.15) is 0 Å². The van der Waals surface area contributed by atoms with Gasteiger partial charge < -0.3 is 0 Å². The van der Waals surface area contributed by atoms with Crippen LogP contribution in [0.25, 0.3) is 11.1 Å². The van der Waals surface area contributed by atoms with Gasteiger partial charge in [-0.25, -0.2) is 0 Å². The summed E-state index contributed by atoms with van der Waals surface area (Å²) in [6.45, 7) is 9.56. The van der Waals surface area contributed by atoms with Crippen molar-refractivity contribution in [3.8, 4) is 11.1 Å². The van der Waals surface area contributed by atoms with Gasteiger partial charge in [-0.1, -0.05) is 172 Å². The summed E-state index contributed by atoms with van der Waals surface area (Å²) in [5.41, 5.74) is 11.3. The summed E-state index contributed by atoms with van der Waals surface area (Å²) in [6, 6.07) is 33.2. The average molecular weight is 713 g/mol. The Morgan fingerprint density at radius 3 is 1.32 bits per heavy atom. The number of benzene rings is 4. The lowest BCUT2D eigenvalue weighted by atomic mass is 9.51. The van der Waals surface area contributed by atoms with Crippen molar-refractivity contribution in [3.63, 3.8) is 0 Å². The molecule has 0 nitrogen and oxygen atoms in total. The second-order valence-corrected chi connectivity index (χ2v) is 15.4. The molecule has 4 aromatic carbocycles. The van der Waals surface area contributed by atoms with E-state index in [1.54, 1.807) is 11.1 Å². The Morgan fingerprint density at radius 1 is 0.523 bits per heavy atom. The van der Waals surface area contributed by atoms with Crippen LogP contribution in [-0.4, -0.2) is 0 Å². The topological polar surface area (TPSA) is 0 Å². The molecule has 2 unspecified atom stereocenters. The van der Waals surface area contributed by atoms with E-state index in [4.69, 9.17) is 0 Å². The van der Waals surface area contributed by atoms with Gasteiger partial charge in [-0.05, 0) is 93.5 Å². The first kappa shape index (κ1) is 31.8. The summed E-state index contributed by atoms with van der Waals surface area (Å²) in [6.07, 6.45) is 12.8. The Balaban J connectivity index is 1.70. The lowest BCUT2D eigenvalue weighted by Gasteiger charge is -2.51. The summed E-state index contributed by atoms with van der Waals surface area (Å²) in [4.78, 5) is 0. The molecule has 0 saturated carbocycles. The number of hydrogen-bond donors (Lipinski definition) is 0. The van der Waals surface area contributed by atoms with Crippen molar-refractivity contribution >= 4 is 31.9 Å². The Hall–Kier alpha value is -2.16. The van der Waals surface area contributed by atoms with Crippen LogP contribution < -0.4 is 0 Å². The van der Waals surface area contributed by atoms with Crippen LogP contribution in [-0.2, 0) is 10.8 Å². The maximum absolute atomic E-state index is 3.90. The van der Waals surface area contributed by atoms with Crippen LogP contribution in [0, 0.1) is 11.8 Å². The van der Waals surface area contributed by atoms with Gasteiger partial charge in [0, 0.05) is 14.4 Å². The fourth-order valence-corrected chi connectivity index (χ4v) is 9.71. The van der Waals surface area contributed by atoms with Crippen LogP contribution in [0.5, 0.6) is 0 Å². The zero-order valence-corrected chi connectivity index (χ0v) is 30.2. The molecule has 2 aliphatic carbocycles. The molecular weight excluding hydrogens is 664 g/mol. The second-order valence-electron chi connectivity index (χ2n) is 13.5. The normalized spacial score (nSPS) is 16.6. The number of hydrogen-bond acceptors (Lipinski definition) is 0. The molecule has 2 atom stereocenters. The largest absolute Gasteiger partial charge is 0.0720 e. The van der Waals surface area contributed by atoms with Gasteiger partial charge in [0.2, 0.25) is 0 Å². The maximum atomic E-state index is 3.90. The molecular formula is C42H48Br2. The monoisotopic (exact) mass is 710 g/mol. The lowest BCUT2D eigenvalue weighted by Crippen LogP contribution is -2.45. The lowest BCUT2D eigenvalue weighted by molar-refractivity contribution is 0.254. The summed E-state index contributed by atoms with van der Waals surface area (Å²) in [5, 5.41) is 0. The molecule has 0 radical (unpaired) electrons. The van der Waals surface area contributed by atoms with E-state index in [9.17, 15) is 0 Å². The van der Waals surface area contributed by atoms with Gasteiger partial charge in [-0.3, -0.25) is 0 Å². The first-order chi connectivity index (χ1) is 21.4. The average Bonchev–Trinajstić information content (AvgIpc) is 3.32. The smallest absolute Gasteiger partial charge is 0.0654 e. The van der Waals surface area contributed by atoms with Gasteiger partial charge in [0.05, 0.1) is 5.41 Å². The molecule has 0 saturated heterocycles. The third kappa shape index (κ3) is 5.17. The van der Waals surface area contributed by atoms with Gasteiger partial charge in [-0.2, -0.15) is 0 Å². The molecule has 0 heterocycles. The van der Waals surface area contributed by atoms with E-state index in [0.717, 1.165) is 8.95 Å².